The molecule has 3 amide bonds. The van der Waals surface area contributed by atoms with E-state index in [2.05, 4.69) is 46.3 Å². The number of aryl methyl sites for hydroxylation is 1. The van der Waals surface area contributed by atoms with Gasteiger partial charge in [0.15, 0.2) is 0 Å². The van der Waals surface area contributed by atoms with E-state index in [9.17, 15) is 14.4 Å². The second kappa shape index (κ2) is 14.4. The maximum atomic E-state index is 13.1. The minimum atomic E-state index is -0.802. The van der Waals surface area contributed by atoms with Crippen molar-refractivity contribution in [1.29, 1.82) is 0 Å². The molecule has 6 rings (SSSR count). The minimum absolute atomic E-state index is 0.0104. The third-order valence-electron chi connectivity index (χ3n) is 8.89. The Hall–Kier alpha value is -4.67. The second-order valence-corrected chi connectivity index (χ2v) is 12.5. The Morgan fingerprint density at radius 1 is 0.894 bits per heavy atom. The zero-order valence-electron chi connectivity index (χ0n) is 26.7. The molecule has 1 atom stereocenters. The molecular weight excluding hydrogens is 616 g/mol. The lowest BCUT2D eigenvalue weighted by Gasteiger charge is -2.38. The largest absolute Gasteiger partial charge is 0.443 e. The van der Waals surface area contributed by atoms with Crippen molar-refractivity contribution in [1.82, 2.24) is 24.9 Å². The van der Waals surface area contributed by atoms with E-state index in [0.29, 0.717) is 43.2 Å². The molecule has 1 aromatic heterocycles. The summed E-state index contributed by atoms with van der Waals surface area (Å²) in [5.74, 6) is -0.511. The van der Waals surface area contributed by atoms with Gasteiger partial charge < -0.3 is 14.5 Å². The molecule has 4 aromatic rings. The normalized spacial score (nSPS) is 15.6. The maximum absolute atomic E-state index is 13.1. The van der Waals surface area contributed by atoms with E-state index in [4.69, 9.17) is 21.4 Å². The minimum Gasteiger partial charge on any atom is -0.443 e. The number of imide groups is 1. The van der Waals surface area contributed by atoms with Crippen LogP contribution >= 0.6 is 11.6 Å². The van der Waals surface area contributed by atoms with E-state index in [1.165, 1.54) is 11.3 Å². The molecule has 47 heavy (non-hydrogen) atoms. The molecule has 0 spiro atoms. The molecule has 1 unspecified atom stereocenters. The second-order valence-electron chi connectivity index (χ2n) is 12.1. The van der Waals surface area contributed by atoms with E-state index < -0.39 is 18.1 Å². The van der Waals surface area contributed by atoms with Gasteiger partial charge in [-0.3, -0.25) is 24.5 Å². The summed E-state index contributed by atoms with van der Waals surface area (Å²) in [6.07, 6.45) is -0.781. The van der Waals surface area contributed by atoms with E-state index in [0.717, 1.165) is 48.7 Å². The monoisotopic (exact) mass is 654 g/mol. The van der Waals surface area contributed by atoms with Crippen molar-refractivity contribution in [3.63, 3.8) is 0 Å². The van der Waals surface area contributed by atoms with Gasteiger partial charge in [0, 0.05) is 92.3 Å². The van der Waals surface area contributed by atoms with Gasteiger partial charge in [0.1, 0.15) is 6.10 Å². The molecule has 0 aliphatic carbocycles. The number of rotatable bonds is 8. The smallest absolute Gasteiger partial charge is 0.414 e. The van der Waals surface area contributed by atoms with Crippen LogP contribution in [0, 0.1) is 6.92 Å². The topological polar surface area (TPSA) is 100 Å². The average molecular weight is 655 g/mol. The van der Waals surface area contributed by atoms with Gasteiger partial charge in [0.2, 0.25) is 5.91 Å². The van der Waals surface area contributed by atoms with Gasteiger partial charge in [-0.15, -0.1) is 0 Å². The van der Waals surface area contributed by atoms with Crippen LogP contribution in [0.3, 0.4) is 0 Å². The highest BCUT2D eigenvalue weighted by molar-refractivity contribution is 6.30. The Bertz CT molecular complexity index is 1730. The number of fused-ring (bicyclic) bond motifs is 1. The van der Waals surface area contributed by atoms with Crippen LogP contribution in [0.25, 0.3) is 11.3 Å². The van der Waals surface area contributed by atoms with Crippen molar-refractivity contribution < 1.29 is 19.1 Å². The molecule has 0 saturated carbocycles. The number of carbonyl (C=O) groups excluding carboxylic acids is 3. The van der Waals surface area contributed by atoms with E-state index >= 15 is 0 Å². The van der Waals surface area contributed by atoms with Crippen molar-refractivity contribution in [2.75, 3.05) is 44.2 Å². The summed E-state index contributed by atoms with van der Waals surface area (Å²) in [6.45, 7) is 8.76. The highest BCUT2D eigenvalue weighted by Gasteiger charge is 2.30. The molecule has 11 heteroatoms. The Morgan fingerprint density at radius 3 is 2.30 bits per heavy atom. The molecule has 3 heterocycles. The number of hydrogen-bond donors (Lipinski definition) is 1. The van der Waals surface area contributed by atoms with E-state index in [-0.39, 0.29) is 5.91 Å². The summed E-state index contributed by atoms with van der Waals surface area (Å²) in [5, 5.41) is 8.04. The summed E-state index contributed by atoms with van der Waals surface area (Å²) in [4.78, 5) is 44.7. The first-order chi connectivity index (χ1) is 22.7. The molecule has 10 nitrogen and oxygen atoms in total. The third-order valence-corrected chi connectivity index (χ3v) is 9.14. The molecule has 1 fully saturated rings. The number of amides is 3. The highest BCUT2D eigenvalue weighted by atomic mass is 35.5. The van der Waals surface area contributed by atoms with Crippen molar-refractivity contribution in [3.8, 4) is 11.3 Å². The molecule has 2 aliphatic heterocycles. The van der Waals surface area contributed by atoms with Crippen LogP contribution in [0.15, 0.2) is 78.9 Å². The van der Waals surface area contributed by atoms with Crippen LogP contribution in [0.2, 0.25) is 5.02 Å². The molecule has 1 N–H and O–H groups in total. The number of nitrogens with zero attached hydrogens (tertiary/aromatic N) is 5. The Balaban J connectivity index is 1.24. The number of hydrogen-bond acceptors (Lipinski definition) is 7. The Kier molecular flexibility index (Phi) is 9.89. The van der Waals surface area contributed by atoms with Gasteiger partial charge in [-0.1, -0.05) is 60.1 Å². The molecule has 0 bridgehead atoms. The van der Waals surface area contributed by atoms with Crippen LogP contribution in [-0.4, -0.2) is 82.9 Å². The molecule has 244 valence electrons. The van der Waals surface area contributed by atoms with Crippen LogP contribution in [0.1, 0.15) is 34.1 Å². The number of benzene rings is 3. The van der Waals surface area contributed by atoms with Gasteiger partial charge >= 0.3 is 6.09 Å². The predicted molar refractivity (Wildman–Crippen MR) is 181 cm³/mol. The molecule has 1 saturated heterocycles. The summed E-state index contributed by atoms with van der Waals surface area (Å²) in [6, 6.07) is 24.5. The van der Waals surface area contributed by atoms with Crippen molar-refractivity contribution >= 4 is 35.2 Å². The zero-order chi connectivity index (χ0) is 32.9. The average Bonchev–Trinajstić information content (AvgIpc) is 3.43. The number of para-hydroxylation sites is 1. The molecular formula is C36H39ClN6O4. The summed E-state index contributed by atoms with van der Waals surface area (Å²) in [5.41, 5.74) is 6.50. The first kappa shape index (κ1) is 32.3. The molecule has 0 radical (unpaired) electrons. The van der Waals surface area contributed by atoms with Crippen LogP contribution < -0.4 is 10.2 Å². The fraction of sp³-hybridized carbons (Fsp3) is 0.333. The molecule has 3 aromatic carbocycles. The van der Waals surface area contributed by atoms with Crippen LogP contribution in [-0.2, 0) is 29.0 Å². The van der Waals surface area contributed by atoms with Gasteiger partial charge in [-0.05, 0) is 42.8 Å². The number of anilines is 1. The number of halogens is 1. The van der Waals surface area contributed by atoms with Crippen molar-refractivity contribution in [2.24, 2.45) is 0 Å². The fourth-order valence-corrected chi connectivity index (χ4v) is 6.51. The zero-order valence-corrected chi connectivity index (χ0v) is 27.4. The maximum Gasteiger partial charge on any atom is 0.414 e. The van der Waals surface area contributed by atoms with Gasteiger partial charge in [-0.2, -0.15) is 5.10 Å². The number of aromatic nitrogens is 2. The predicted octanol–water partition coefficient (Wildman–Crippen LogP) is 5.17. The van der Waals surface area contributed by atoms with Gasteiger partial charge in [0.05, 0.1) is 12.2 Å². The number of ether oxygens (including phenoxy) is 1. The van der Waals surface area contributed by atoms with E-state index in [1.54, 1.807) is 31.2 Å². The lowest BCUT2D eigenvalue weighted by Crippen LogP contribution is -2.50. The number of alkyl carbamates (subject to hydrolysis) is 1. The summed E-state index contributed by atoms with van der Waals surface area (Å²) >= 11 is 6.18. The summed E-state index contributed by atoms with van der Waals surface area (Å²) in [7, 11) is 0. The standard InChI is InChI=1S/C36H39ClN6O4/c1-25-8-6-7-11-32(25)41-20-18-40(19-21-41)22-30(47-36(46)38-35(45)28-9-4-3-5-10-28)23-43-33-16-17-42(26(2)44)24-31(33)34(39-43)27-12-14-29(37)15-13-27/h3-15,30H,16-24H2,1-2H3,(H,38,45,46). The quantitative estimate of drug-likeness (QED) is 0.280. The number of carbonyl (C=O) groups is 3. The molecule has 2 aliphatic rings. The third kappa shape index (κ3) is 7.66. The first-order valence-electron chi connectivity index (χ1n) is 15.9. The SMILES string of the molecule is CC(=O)N1CCc2c(c(-c3ccc(Cl)cc3)nn2CC(CN2CCN(c3ccccc3C)CC2)OC(=O)NC(=O)c2ccccc2)C1. The number of nitrogens with one attached hydrogen (secondary N) is 1. The first-order valence-corrected chi connectivity index (χ1v) is 16.3. The number of piperazine rings is 1. The van der Waals surface area contributed by atoms with Crippen molar-refractivity contribution in [2.45, 2.75) is 39.5 Å². The Morgan fingerprint density at radius 2 is 1.60 bits per heavy atom. The lowest BCUT2D eigenvalue weighted by atomic mass is 10.0. The highest BCUT2D eigenvalue weighted by Crippen LogP contribution is 2.31. The lowest BCUT2D eigenvalue weighted by molar-refractivity contribution is -0.129. The Labute approximate surface area is 279 Å². The van der Waals surface area contributed by atoms with Gasteiger partial charge in [-0.25, -0.2) is 4.79 Å². The van der Waals surface area contributed by atoms with Crippen LogP contribution in [0.5, 0.6) is 0 Å². The summed E-state index contributed by atoms with van der Waals surface area (Å²) < 4.78 is 7.91. The van der Waals surface area contributed by atoms with Gasteiger partial charge in [0.25, 0.3) is 5.91 Å². The van der Waals surface area contributed by atoms with Crippen molar-refractivity contribution in [3.05, 3.63) is 106 Å². The fourth-order valence-electron chi connectivity index (χ4n) is 6.39. The van der Waals surface area contributed by atoms with E-state index in [1.807, 2.05) is 39.9 Å². The van der Waals surface area contributed by atoms with Crippen LogP contribution in [0.4, 0.5) is 10.5 Å².